The highest BCUT2D eigenvalue weighted by Crippen LogP contribution is 2.27. The lowest BCUT2D eigenvalue weighted by atomic mass is 10.2. The van der Waals surface area contributed by atoms with E-state index in [-0.39, 0.29) is 30.4 Å². The summed E-state index contributed by atoms with van der Waals surface area (Å²) in [4.78, 5) is 22.8. The zero-order valence-corrected chi connectivity index (χ0v) is 10.2. The van der Waals surface area contributed by atoms with Gasteiger partial charge in [0.05, 0.1) is 0 Å². The predicted octanol–water partition coefficient (Wildman–Crippen LogP) is 1.50. The molecule has 0 aromatic heterocycles. The van der Waals surface area contributed by atoms with E-state index in [1.54, 1.807) is 0 Å². The van der Waals surface area contributed by atoms with Crippen LogP contribution in [-0.4, -0.2) is 30.2 Å². The van der Waals surface area contributed by atoms with E-state index in [4.69, 9.17) is 5.11 Å². The molecule has 0 saturated heterocycles. The average molecular weight is 283 g/mol. The Labute approximate surface area is 112 Å². The Morgan fingerprint density at radius 1 is 1.35 bits per heavy atom. The quantitative estimate of drug-likeness (QED) is 0.768. The standard InChI is InChI=1S/C12H11F2N3O3/c13-8-5-7(16-12(19)20)6-9(14)11(8)17-3-1-10(18)15-2-4-17/h1,3,5-6,16H,2,4H2,(H,15,18)(H,19,20). The number of carbonyl (C=O) groups is 2. The van der Waals surface area contributed by atoms with Crippen LogP contribution in [0.4, 0.5) is 25.0 Å². The molecule has 1 aromatic carbocycles. The number of benzene rings is 1. The topological polar surface area (TPSA) is 81.7 Å². The summed E-state index contributed by atoms with van der Waals surface area (Å²) in [6.07, 6.45) is 1.02. The summed E-state index contributed by atoms with van der Waals surface area (Å²) in [6, 6.07) is 1.75. The van der Waals surface area contributed by atoms with Crippen molar-refractivity contribution < 1.29 is 23.5 Å². The molecule has 2 amide bonds. The second-order valence-corrected chi connectivity index (χ2v) is 4.02. The molecule has 106 valence electrons. The molecule has 6 nitrogen and oxygen atoms in total. The number of hydrogen-bond donors (Lipinski definition) is 3. The molecule has 0 aliphatic carbocycles. The van der Waals surface area contributed by atoms with Gasteiger partial charge in [0.2, 0.25) is 5.91 Å². The molecule has 0 radical (unpaired) electrons. The van der Waals surface area contributed by atoms with Crippen molar-refractivity contribution in [3.05, 3.63) is 36.0 Å². The van der Waals surface area contributed by atoms with E-state index >= 15 is 0 Å². The third-order valence-electron chi connectivity index (χ3n) is 2.61. The zero-order chi connectivity index (χ0) is 14.7. The number of nitrogens with one attached hydrogen (secondary N) is 2. The lowest BCUT2D eigenvalue weighted by molar-refractivity contribution is -0.116. The van der Waals surface area contributed by atoms with Crippen molar-refractivity contribution in [2.24, 2.45) is 0 Å². The van der Waals surface area contributed by atoms with Gasteiger partial charge in [0.1, 0.15) is 5.69 Å². The highest BCUT2D eigenvalue weighted by atomic mass is 19.1. The Bertz CT molecular complexity index is 566. The summed E-state index contributed by atoms with van der Waals surface area (Å²) in [7, 11) is 0. The number of rotatable bonds is 2. The Balaban J connectivity index is 2.34. The van der Waals surface area contributed by atoms with Crippen LogP contribution in [0.25, 0.3) is 0 Å². The first kappa shape index (κ1) is 13.8. The Kier molecular flexibility index (Phi) is 3.83. The van der Waals surface area contributed by atoms with Gasteiger partial charge in [-0.2, -0.15) is 0 Å². The number of amides is 2. The highest BCUT2D eigenvalue weighted by molar-refractivity contribution is 5.88. The lowest BCUT2D eigenvalue weighted by Crippen LogP contribution is -2.28. The van der Waals surface area contributed by atoms with Crippen molar-refractivity contribution in [2.75, 3.05) is 23.3 Å². The predicted molar refractivity (Wildman–Crippen MR) is 67.5 cm³/mol. The van der Waals surface area contributed by atoms with Crippen molar-refractivity contribution in [3.8, 4) is 0 Å². The van der Waals surface area contributed by atoms with Crippen LogP contribution in [-0.2, 0) is 4.79 Å². The van der Waals surface area contributed by atoms with Gasteiger partial charge < -0.3 is 15.3 Å². The first-order chi connectivity index (χ1) is 9.47. The molecule has 0 spiro atoms. The molecule has 0 atom stereocenters. The maximum atomic E-state index is 13.9. The number of nitrogens with zero attached hydrogens (tertiary/aromatic N) is 1. The largest absolute Gasteiger partial charge is 0.465 e. The van der Waals surface area contributed by atoms with Crippen LogP contribution >= 0.6 is 0 Å². The second-order valence-electron chi connectivity index (χ2n) is 4.02. The van der Waals surface area contributed by atoms with Gasteiger partial charge in [0.25, 0.3) is 0 Å². The Morgan fingerprint density at radius 2 is 2.00 bits per heavy atom. The van der Waals surface area contributed by atoms with Gasteiger partial charge in [-0.3, -0.25) is 10.1 Å². The van der Waals surface area contributed by atoms with E-state index in [1.807, 2.05) is 5.32 Å². The minimum Gasteiger partial charge on any atom is -0.465 e. The summed E-state index contributed by atoms with van der Waals surface area (Å²) in [5, 5.41) is 12.9. The molecule has 8 heteroatoms. The molecule has 1 aromatic rings. The maximum absolute atomic E-state index is 13.9. The Hall–Kier alpha value is -2.64. The SMILES string of the molecule is O=C(O)Nc1cc(F)c(N2C=CC(=O)NCC2)c(F)c1. The van der Waals surface area contributed by atoms with Crippen molar-refractivity contribution in [1.82, 2.24) is 5.32 Å². The summed E-state index contributed by atoms with van der Waals surface area (Å²) in [5.74, 6) is -2.20. The van der Waals surface area contributed by atoms with E-state index in [0.717, 1.165) is 18.2 Å². The summed E-state index contributed by atoms with van der Waals surface area (Å²) >= 11 is 0. The second kappa shape index (κ2) is 5.55. The molecule has 1 heterocycles. The number of halogens is 2. The average Bonchev–Trinajstić information content (AvgIpc) is 2.53. The van der Waals surface area contributed by atoms with Crippen LogP contribution in [0.5, 0.6) is 0 Å². The third-order valence-corrected chi connectivity index (χ3v) is 2.61. The highest BCUT2D eigenvalue weighted by Gasteiger charge is 2.19. The number of carbonyl (C=O) groups excluding carboxylic acids is 1. The van der Waals surface area contributed by atoms with Crippen molar-refractivity contribution in [1.29, 1.82) is 0 Å². The fourth-order valence-electron chi connectivity index (χ4n) is 1.81. The fraction of sp³-hybridized carbons (Fsp3) is 0.167. The summed E-state index contributed by atoms with van der Waals surface area (Å²) in [6.45, 7) is 0.432. The lowest BCUT2D eigenvalue weighted by Gasteiger charge is -2.20. The molecule has 0 bridgehead atoms. The normalized spacial score (nSPS) is 14.7. The van der Waals surface area contributed by atoms with E-state index in [1.165, 1.54) is 11.1 Å². The molecule has 2 rings (SSSR count). The Morgan fingerprint density at radius 3 is 2.60 bits per heavy atom. The molecule has 1 aliphatic heterocycles. The van der Waals surface area contributed by atoms with Gasteiger partial charge in [0.15, 0.2) is 11.6 Å². The van der Waals surface area contributed by atoms with Gasteiger partial charge in [-0.1, -0.05) is 0 Å². The van der Waals surface area contributed by atoms with Crippen LogP contribution in [0.2, 0.25) is 0 Å². The van der Waals surface area contributed by atoms with Gasteiger partial charge in [-0.25, -0.2) is 13.6 Å². The van der Waals surface area contributed by atoms with E-state index in [2.05, 4.69) is 5.32 Å². The van der Waals surface area contributed by atoms with Crippen molar-refractivity contribution in [3.63, 3.8) is 0 Å². The maximum Gasteiger partial charge on any atom is 0.409 e. The number of carboxylic acid groups (broad SMARTS) is 1. The minimum atomic E-state index is -1.42. The van der Waals surface area contributed by atoms with Gasteiger partial charge >= 0.3 is 6.09 Å². The van der Waals surface area contributed by atoms with Gasteiger partial charge in [0, 0.05) is 31.1 Å². The fourth-order valence-corrected chi connectivity index (χ4v) is 1.81. The van der Waals surface area contributed by atoms with E-state index in [9.17, 15) is 18.4 Å². The summed E-state index contributed by atoms with van der Waals surface area (Å²) in [5.41, 5.74) is -0.544. The van der Waals surface area contributed by atoms with E-state index < -0.39 is 17.7 Å². The monoisotopic (exact) mass is 283 g/mol. The first-order valence-corrected chi connectivity index (χ1v) is 5.69. The van der Waals surface area contributed by atoms with Gasteiger partial charge in [-0.05, 0) is 12.1 Å². The molecule has 0 fully saturated rings. The molecule has 3 N–H and O–H groups in total. The van der Waals surface area contributed by atoms with Crippen LogP contribution in [0.1, 0.15) is 0 Å². The molecule has 20 heavy (non-hydrogen) atoms. The number of hydrogen-bond acceptors (Lipinski definition) is 3. The van der Waals surface area contributed by atoms with Gasteiger partial charge in [-0.15, -0.1) is 0 Å². The third kappa shape index (κ3) is 3.02. The smallest absolute Gasteiger partial charge is 0.409 e. The van der Waals surface area contributed by atoms with Crippen LogP contribution in [0.3, 0.4) is 0 Å². The minimum absolute atomic E-state index is 0.196. The van der Waals surface area contributed by atoms with Crippen LogP contribution < -0.4 is 15.5 Å². The van der Waals surface area contributed by atoms with Crippen molar-refractivity contribution >= 4 is 23.4 Å². The zero-order valence-electron chi connectivity index (χ0n) is 10.2. The molecular weight excluding hydrogens is 272 g/mol. The molecule has 0 unspecified atom stereocenters. The molecular formula is C12H11F2N3O3. The summed E-state index contributed by atoms with van der Waals surface area (Å²) < 4.78 is 27.8. The van der Waals surface area contributed by atoms with Crippen LogP contribution in [0, 0.1) is 11.6 Å². The van der Waals surface area contributed by atoms with Crippen LogP contribution in [0.15, 0.2) is 24.4 Å². The first-order valence-electron chi connectivity index (χ1n) is 5.69. The van der Waals surface area contributed by atoms with Crippen molar-refractivity contribution in [2.45, 2.75) is 0 Å². The number of anilines is 2. The van der Waals surface area contributed by atoms with E-state index in [0.29, 0.717) is 0 Å². The molecule has 1 aliphatic rings. The molecule has 0 saturated carbocycles.